The second-order valence-corrected chi connectivity index (χ2v) is 8.15. The van der Waals surface area contributed by atoms with Crippen molar-refractivity contribution in [2.45, 2.75) is 44.8 Å². The topological polar surface area (TPSA) is 64.0 Å². The molecule has 1 amide bonds. The first-order chi connectivity index (χ1) is 12.3. The lowest BCUT2D eigenvalue weighted by Crippen LogP contribution is -2.33. The van der Waals surface area contributed by atoms with Crippen molar-refractivity contribution in [3.63, 3.8) is 0 Å². The van der Waals surface area contributed by atoms with Gasteiger partial charge in [-0.2, -0.15) is 0 Å². The third-order valence-electron chi connectivity index (χ3n) is 4.20. The van der Waals surface area contributed by atoms with Crippen LogP contribution in [0.15, 0.2) is 38.7 Å². The molecule has 1 atom stereocenters. The third-order valence-corrected chi connectivity index (χ3v) is 5.75. The van der Waals surface area contributed by atoms with Crippen molar-refractivity contribution < 1.29 is 4.79 Å². The molecule has 0 aliphatic heterocycles. The number of carbonyl (C=O) groups is 1. The van der Waals surface area contributed by atoms with E-state index in [4.69, 9.17) is 0 Å². The molecule has 26 heavy (non-hydrogen) atoms. The monoisotopic (exact) mass is 437 g/mol. The van der Waals surface area contributed by atoms with Crippen LogP contribution in [-0.4, -0.2) is 27.3 Å². The molecule has 1 unspecified atom stereocenters. The molecule has 0 fully saturated rings. The van der Waals surface area contributed by atoms with Gasteiger partial charge >= 0.3 is 0 Å². The number of aromatic nitrogens is 2. The van der Waals surface area contributed by atoms with Crippen LogP contribution in [0.2, 0.25) is 0 Å². The molecule has 7 heteroatoms. The summed E-state index contributed by atoms with van der Waals surface area (Å²) in [5, 5.41) is 3.48. The summed E-state index contributed by atoms with van der Waals surface area (Å²) in [6.45, 7) is 5.84. The van der Waals surface area contributed by atoms with Crippen molar-refractivity contribution in [2.75, 3.05) is 5.75 Å². The summed E-state index contributed by atoms with van der Waals surface area (Å²) in [6, 6.07) is 8.05. The molecule has 0 radical (unpaired) electrons. The number of nitrogens with one attached hydrogen (secondary N) is 1. The van der Waals surface area contributed by atoms with Crippen LogP contribution in [-0.2, 0) is 18.3 Å². The van der Waals surface area contributed by atoms with Crippen LogP contribution in [0.25, 0.3) is 0 Å². The van der Waals surface area contributed by atoms with Crippen molar-refractivity contribution in [1.82, 2.24) is 14.9 Å². The summed E-state index contributed by atoms with van der Waals surface area (Å²) in [6.07, 6.45) is 1.43. The largest absolute Gasteiger partial charge is 0.353 e. The zero-order valence-electron chi connectivity index (χ0n) is 15.5. The highest BCUT2D eigenvalue weighted by atomic mass is 79.9. The number of nitrogens with zero attached hydrogens (tertiary/aromatic N) is 2. The fourth-order valence-corrected chi connectivity index (χ4v) is 3.50. The summed E-state index contributed by atoms with van der Waals surface area (Å²) in [4.78, 5) is 29.3. The normalized spacial score (nSPS) is 12.0. The van der Waals surface area contributed by atoms with Crippen LogP contribution in [0, 0.1) is 6.92 Å². The van der Waals surface area contributed by atoms with E-state index < -0.39 is 0 Å². The van der Waals surface area contributed by atoms with Crippen molar-refractivity contribution in [3.05, 3.63) is 55.9 Å². The highest BCUT2D eigenvalue weighted by Gasteiger charge is 2.14. The average Bonchev–Trinajstić information content (AvgIpc) is 2.62. The average molecular weight is 438 g/mol. The van der Waals surface area contributed by atoms with E-state index in [2.05, 4.69) is 26.2 Å². The Morgan fingerprint density at radius 3 is 2.62 bits per heavy atom. The number of rotatable bonds is 7. The van der Waals surface area contributed by atoms with Gasteiger partial charge in [0.1, 0.15) is 0 Å². The maximum Gasteiger partial charge on any atom is 0.257 e. The summed E-state index contributed by atoms with van der Waals surface area (Å²) in [5.74, 6) is 0.200. The molecule has 0 aliphatic rings. The fraction of sp³-hybridized carbons (Fsp3) is 0.421. The van der Waals surface area contributed by atoms with E-state index in [0.717, 1.165) is 16.5 Å². The van der Waals surface area contributed by atoms with Gasteiger partial charge in [-0.3, -0.25) is 14.2 Å². The van der Waals surface area contributed by atoms with E-state index in [-0.39, 0.29) is 23.3 Å². The SMILES string of the molecule is CCC(C)NC(=O)CSc1nc(C)c(Cc2ccc(Br)cc2)c(=O)n1C. The van der Waals surface area contributed by atoms with E-state index >= 15 is 0 Å². The van der Waals surface area contributed by atoms with Gasteiger partial charge in [-0.25, -0.2) is 4.98 Å². The lowest BCUT2D eigenvalue weighted by atomic mass is 10.1. The number of amides is 1. The Morgan fingerprint density at radius 1 is 1.35 bits per heavy atom. The molecular formula is C19H24BrN3O2S. The van der Waals surface area contributed by atoms with Crippen molar-refractivity contribution in [1.29, 1.82) is 0 Å². The number of aryl methyl sites for hydroxylation is 1. The van der Waals surface area contributed by atoms with Crippen LogP contribution in [0.4, 0.5) is 0 Å². The first-order valence-corrected chi connectivity index (χ1v) is 10.3. The number of benzene rings is 1. The molecule has 0 spiro atoms. The second-order valence-electron chi connectivity index (χ2n) is 6.29. The van der Waals surface area contributed by atoms with Crippen LogP contribution >= 0.6 is 27.7 Å². The van der Waals surface area contributed by atoms with Crippen molar-refractivity contribution >= 4 is 33.6 Å². The van der Waals surface area contributed by atoms with Gasteiger partial charge in [0, 0.05) is 35.2 Å². The minimum Gasteiger partial charge on any atom is -0.353 e. The number of hydrogen-bond acceptors (Lipinski definition) is 4. The van der Waals surface area contributed by atoms with Gasteiger partial charge in [-0.05, 0) is 38.0 Å². The lowest BCUT2D eigenvalue weighted by Gasteiger charge is -2.13. The third kappa shape index (κ3) is 5.45. The smallest absolute Gasteiger partial charge is 0.257 e. The quantitative estimate of drug-likeness (QED) is 0.532. The Kier molecular flexibility index (Phi) is 7.46. The fourth-order valence-electron chi connectivity index (χ4n) is 2.42. The first kappa shape index (κ1) is 20.7. The predicted molar refractivity (Wildman–Crippen MR) is 110 cm³/mol. The summed E-state index contributed by atoms with van der Waals surface area (Å²) < 4.78 is 2.54. The van der Waals surface area contributed by atoms with Crippen molar-refractivity contribution in [3.8, 4) is 0 Å². The van der Waals surface area contributed by atoms with Gasteiger partial charge in [-0.1, -0.05) is 46.7 Å². The van der Waals surface area contributed by atoms with Gasteiger partial charge in [0.2, 0.25) is 5.91 Å². The molecule has 2 aromatic rings. The number of hydrogen-bond donors (Lipinski definition) is 1. The Balaban J connectivity index is 2.15. The minimum atomic E-state index is -0.0646. The molecule has 0 saturated carbocycles. The highest BCUT2D eigenvalue weighted by Crippen LogP contribution is 2.17. The molecule has 0 aliphatic carbocycles. The molecule has 2 rings (SSSR count). The zero-order chi connectivity index (χ0) is 19.3. The maximum absolute atomic E-state index is 12.8. The van der Waals surface area contributed by atoms with Gasteiger partial charge in [-0.15, -0.1) is 0 Å². The molecule has 0 saturated heterocycles. The van der Waals surface area contributed by atoms with Crippen molar-refractivity contribution in [2.24, 2.45) is 7.05 Å². The molecule has 1 heterocycles. The Bertz CT molecular complexity index is 834. The summed E-state index contributed by atoms with van der Waals surface area (Å²) in [7, 11) is 1.70. The predicted octanol–water partition coefficient (Wildman–Crippen LogP) is 3.45. The number of halogens is 1. The van der Waals surface area contributed by atoms with Crippen LogP contribution < -0.4 is 10.9 Å². The van der Waals surface area contributed by atoms with E-state index in [1.165, 1.54) is 16.3 Å². The molecule has 140 valence electrons. The van der Waals surface area contributed by atoms with E-state index in [1.807, 2.05) is 45.0 Å². The van der Waals surface area contributed by atoms with E-state index in [0.29, 0.717) is 22.8 Å². The standard InChI is InChI=1S/C19H24BrN3O2S/c1-5-12(2)21-17(24)11-26-19-22-13(3)16(18(25)23(19)4)10-14-6-8-15(20)9-7-14/h6-9,12H,5,10-11H2,1-4H3,(H,21,24). The molecule has 1 aromatic heterocycles. The van der Waals surface area contributed by atoms with E-state index in [9.17, 15) is 9.59 Å². The second kappa shape index (κ2) is 9.37. The minimum absolute atomic E-state index is 0.0461. The summed E-state index contributed by atoms with van der Waals surface area (Å²) >= 11 is 4.70. The molecule has 0 bridgehead atoms. The Morgan fingerprint density at radius 2 is 2.00 bits per heavy atom. The van der Waals surface area contributed by atoms with Gasteiger partial charge < -0.3 is 5.32 Å². The molecular weight excluding hydrogens is 414 g/mol. The van der Waals surface area contributed by atoms with E-state index in [1.54, 1.807) is 7.05 Å². The van der Waals surface area contributed by atoms with Gasteiger partial charge in [0.25, 0.3) is 5.56 Å². The highest BCUT2D eigenvalue weighted by molar-refractivity contribution is 9.10. The van der Waals surface area contributed by atoms with Crippen LogP contribution in [0.1, 0.15) is 37.1 Å². The molecule has 5 nitrogen and oxygen atoms in total. The zero-order valence-corrected chi connectivity index (χ0v) is 17.9. The first-order valence-electron chi connectivity index (χ1n) is 8.55. The van der Waals surface area contributed by atoms with Gasteiger partial charge in [0.15, 0.2) is 5.16 Å². The maximum atomic E-state index is 12.8. The Labute approximate surface area is 166 Å². The number of thioether (sulfide) groups is 1. The number of carbonyl (C=O) groups excluding carboxylic acids is 1. The van der Waals surface area contributed by atoms with Crippen LogP contribution in [0.3, 0.4) is 0 Å². The lowest BCUT2D eigenvalue weighted by molar-refractivity contribution is -0.119. The Hall–Kier alpha value is -1.60. The molecule has 1 N–H and O–H groups in total. The van der Waals surface area contributed by atoms with Gasteiger partial charge in [0.05, 0.1) is 5.75 Å². The van der Waals surface area contributed by atoms with Crippen LogP contribution in [0.5, 0.6) is 0 Å². The molecule has 1 aromatic carbocycles. The summed E-state index contributed by atoms with van der Waals surface area (Å²) in [5.41, 5.74) is 2.39.